The van der Waals surface area contributed by atoms with Crippen molar-refractivity contribution in [2.75, 3.05) is 25.7 Å². The van der Waals surface area contributed by atoms with Gasteiger partial charge in [-0.15, -0.1) is 0 Å². The largest absolute Gasteiger partial charge is 0.507 e. The molecule has 0 saturated carbocycles. The molecule has 1 fully saturated rings. The highest BCUT2D eigenvalue weighted by Crippen LogP contribution is 2.45. The molecule has 1 aliphatic heterocycles. The number of thiazole rings is 1. The molecule has 1 aliphatic rings. The van der Waals surface area contributed by atoms with Gasteiger partial charge >= 0.3 is 5.91 Å². The minimum Gasteiger partial charge on any atom is -0.507 e. The minimum absolute atomic E-state index is 0.112. The lowest BCUT2D eigenvalue weighted by Gasteiger charge is -2.24. The molecule has 4 rings (SSSR count). The van der Waals surface area contributed by atoms with Gasteiger partial charge in [-0.05, 0) is 55.8 Å². The molecule has 10 heteroatoms. The highest BCUT2D eigenvalue weighted by Gasteiger charge is 2.48. The fourth-order valence-electron chi connectivity index (χ4n) is 4.19. The van der Waals surface area contributed by atoms with E-state index in [2.05, 4.69) is 4.98 Å². The number of ether oxygens (including phenoxy) is 3. The molecule has 0 spiro atoms. The summed E-state index contributed by atoms with van der Waals surface area (Å²) in [6, 6.07) is 10.5. The molecule has 37 heavy (non-hydrogen) atoms. The smallest absolute Gasteiger partial charge is 0.301 e. The van der Waals surface area contributed by atoms with Gasteiger partial charge in [-0.25, -0.2) is 4.98 Å². The third kappa shape index (κ3) is 4.67. The first kappa shape index (κ1) is 25.9. The SMILES string of the molecule is CCOc1ccc(C2/C(=C(\O)c3ccc(OC)cc3)C(=O)C(=O)N2c2nc(C)c(C(C)=O)s2)cc1OC. The summed E-state index contributed by atoms with van der Waals surface area (Å²) in [6.45, 7) is 5.34. The van der Waals surface area contributed by atoms with E-state index in [4.69, 9.17) is 14.2 Å². The molecule has 3 aromatic rings. The second-order valence-electron chi connectivity index (χ2n) is 8.21. The van der Waals surface area contributed by atoms with E-state index in [0.29, 0.717) is 45.6 Å². The number of hydrogen-bond acceptors (Lipinski definition) is 9. The number of ketones is 2. The minimum atomic E-state index is -1.03. The Morgan fingerprint density at radius 2 is 1.78 bits per heavy atom. The van der Waals surface area contributed by atoms with Gasteiger partial charge in [-0.2, -0.15) is 0 Å². The first-order chi connectivity index (χ1) is 17.7. The van der Waals surface area contributed by atoms with Crippen molar-refractivity contribution in [3.8, 4) is 17.2 Å². The van der Waals surface area contributed by atoms with Crippen LogP contribution in [0.4, 0.5) is 5.13 Å². The van der Waals surface area contributed by atoms with E-state index in [1.807, 2.05) is 6.92 Å². The number of carbonyl (C=O) groups is 3. The molecule has 1 saturated heterocycles. The van der Waals surface area contributed by atoms with Crippen LogP contribution in [-0.2, 0) is 9.59 Å². The Morgan fingerprint density at radius 1 is 1.08 bits per heavy atom. The maximum Gasteiger partial charge on any atom is 0.301 e. The van der Waals surface area contributed by atoms with Crippen LogP contribution >= 0.6 is 11.3 Å². The molecule has 1 amide bonds. The van der Waals surface area contributed by atoms with Gasteiger partial charge < -0.3 is 19.3 Å². The van der Waals surface area contributed by atoms with Crippen LogP contribution in [0.25, 0.3) is 5.76 Å². The number of aliphatic hydroxyl groups excluding tert-OH is 1. The number of benzene rings is 2. The Bertz CT molecular complexity index is 1410. The number of carbonyl (C=O) groups excluding carboxylic acids is 3. The summed E-state index contributed by atoms with van der Waals surface area (Å²) in [7, 11) is 3.00. The van der Waals surface area contributed by atoms with Gasteiger partial charge in [0.1, 0.15) is 11.5 Å². The second kappa shape index (κ2) is 10.4. The lowest BCUT2D eigenvalue weighted by atomic mass is 9.95. The summed E-state index contributed by atoms with van der Waals surface area (Å²) in [5, 5.41) is 11.5. The summed E-state index contributed by atoms with van der Waals surface area (Å²) < 4.78 is 16.3. The number of anilines is 1. The number of amides is 1. The first-order valence-electron chi connectivity index (χ1n) is 11.5. The molecule has 0 aliphatic carbocycles. The maximum atomic E-state index is 13.4. The van der Waals surface area contributed by atoms with Crippen molar-refractivity contribution in [2.45, 2.75) is 26.8 Å². The Kier molecular flexibility index (Phi) is 7.30. The average molecular weight is 523 g/mol. The number of aromatic nitrogens is 1. The van der Waals surface area contributed by atoms with Crippen molar-refractivity contribution in [1.29, 1.82) is 0 Å². The van der Waals surface area contributed by atoms with Crippen molar-refractivity contribution < 1.29 is 33.7 Å². The molecular formula is C27H26N2O7S. The van der Waals surface area contributed by atoms with E-state index < -0.39 is 17.7 Å². The van der Waals surface area contributed by atoms with E-state index in [1.54, 1.807) is 49.4 Å². The van der Waals surface area contributed by atoms with Gasteiger partial charge in [0, 0.05) is 12.5 Å². The van der Waals surface area contributed by atoms with Crippen molar-refractivity contribution in [1.82, 2.24) is 4.98 Å². The molecule has 1 atom stereocenters. The van der Waals surface area contributed by atoms with Crippen molar-refractivity contribution >= 4 is 39.7 Å². The molecule has 1 unspecified atom stereocenters. The predicted octanol–water partition coefficient (Wildman–Crippen LogP) is 4.70. The number of nitrogens with zero attached hydrogens (tertiary/aromatic N) is 2. The Morgan fingerprint density at radius 3 is 2.35 bits per heavy atom. The second-order valence-corrected chi connectivity index (χ2v) is 9.19. The summed E-state index contributed by atoms with van der Waals surface area (Å²) >= 11 is 1.02. The standard InChI is InChI=1S/C27H26N2O7S/c1-6-36-19-12-9-17(13-20(19)35-5)22-21(23(31)16-7-10-18(34-4)11-8-16)24(32)26(33)29(22)27-28-14(2)25(37-27)15(3)30/h7-13,22,31H,6H2,1-5H3/b23-21+. The van der Waals surface area contributed by atoms with Crippen LogP contribution in [0.5, 0.6) is 17.2 Å². The number of aryl methyl sites for hydroxylation is 1. The third-order valence-electron chi connectivity index (χ3n) is 5.92. The lowest BCUT2D eigenvalue weighted by Crippen LogP contribution is -2.29. The van der Waals surface area contributed by atoms with E-state index in [0.717, 1.165) is 11.3 Å². The summed E-state index contributed by atoms with van der Waals surface area (Å²) in [4.78, 5) is 44.9. The zero-order valence-corrected chi connectivity index (χ0v) is 21.8. The molecule has 2 heterocycles. The number of rotatable bonds is 8. The molecule has 0 radical (unpaired) electrons. The van der Waals surface area contributed by atoms with Gasteiger partial charge in [0.25, 0.3) is 5.78 Å². The monoisotopic (exact) mass is 522 g/mol. The van der Waals surface area contributed by atoms with Crippen LogP contribution in [0.1, 0.15) is 46.4 Å². The van der Waals surface area contributed by atoms with E-state index >= 15 is 0 Å². The van der Waals surface area contributed by atoms with E-state index in [9.17, 15) is 19.5 Å². The van der Waals surface area contributed by atoms with Crippen LogP contribution < -0.4 is 19.1 Å². The highest BCUT2D eigenvalue weighted by atomic mass is 32.1. The van der Waals surface area contributed by atoms with Crippen LogP contribution in [0.15, 0.2) is 48.0 Å². The molecule has 9 nitrogen and oxygen atoms in total. The zero-order chi connectivity index (χ0) is 26.9. The number of Topliss-reactive ketones (excluding diaryl/α,β-unsaturated/α-hetero) is 2. The van der Waals surface area contributed by atoms with Gasteiger partial charge in [0.2, 0.25) is 0 Å². The molecule has 192 valence electrons. The zero-order valence-electron chi connectivity index (χ0n) is 21.0. The first-order valence-corrected chi connectivity index (χ1v) is 12.3. The average Bonchev–Trinajstić information content (AvgIpc) is 3.41. The Balaban J connectivity index is 1.95. The number of aliphatic hydroxyl groups is 1. The van der Waals surface area contributed by atoms with Crippen LogP contribution in [0.3, 0.4) is 0 Å². The summed E-state index contributed by atoms with van der Waals surface area (Å²) in [5.74, 6) is -0.823. The number of hydrogen-bond donors (Lipinski definition) is 1. The summed E-state index contributed by atoms with van der Waals surface area (Å²) in [5.41, 5.74) is 1.17. The molecule has 2 aromatic carbocycles. The molecule has 1 aromatic heterocycles. The van der Waals surface area contributed by atoms with Crippen LogP contribution in [-0.4, -0.2) is 48.4 Å². The lowest BCUT2D eigenvalue weighted by molar-refractivity contribution is -0.132. The third-order valence-corrected chi connectivity index (χ3v) is 7.18. The molecule has 0 bridgehead atoms. The molecule has 1 N–H and O–H groups in total. The normalized spacial score (nSPS) is 16.7. The van der Waals surface area contributed by atoms with Gasteiger partial charge in [-0.1, -0.05) is 17.4 Å². The fraction of sp³-hybridized carbons (Fsp3) is 0.259. The molecular weight excluding hydrogens is 496 g/mol. The van der Waals surface area contributed by atoms with Crippen molar-refractivity contribution in [2.24, 2.45) is 0 Å². The summed E-state index contributed by atoms with van der Waals surface area (Å²) in [6.07, 6.45) is 0. The van der Waals surface area contributed by atoms with Crippen molar-refractivity contribution in [3.05, 3.63) is 69.7 Å². The quantitative estimate of drug-likeness (QED) is 0.196. The van der Waals surface area contributed by atoms with Gasteiger partial charge in [0.15, 0.2) is 22.4 Å². The van der Waals surface area contributed by atoms with Crippen LogP contribution in [0.2, 0.25) is 0 Å². The van der Waals surface area contributed by atoms with Gasteiger partial charge in [0.05, 0.1) is 43.0 Å². The highest BCUT2D eigenvalue weighted by molar-refractivity contribution is 7.18. The fourth-order valence-corrected chi connectivity index (χ4v) is 5.18. The Labute approximate surface area is 217 Å². The topological polar surface area (TPSA) is 115 Å². The van der Waals surface area contributed by atoms with E-state index in [-0.39, 0.29) is 22.2 Å². The Hall–Kier alpha value is -4.18. The maximum absolute atomic E-state index is 13.4. The van der Waals surface area contributed by atoms with Crippen molar-refractivity contribution in [3.63, 3.8) is 0 Å². The van der Waals surface area contributed by atoms with Gasteiger partial charge in [-0.3, -0.25) is 19.3 Å². The predicted molar refractivity (Wildman–Crippen MR) is 139 cm³/mol. The van der Waals surface area contributed by atoms with E-state index in [1.165, 1.54) is 26.0 Å². The van der Waals surface area contributed by atoms with Crippen LogP contribution in [0, 0.1) is 6.92 Å². The number of methoxy groups -OCH3 is 2.